The molecule has 0 radical (unpaired) electrons. The Labute approximate surface area is 115 Å². The maximum Gasteiger partial charge on any atom is 0.121 e. The van der Waals surface area contributed by atoms with Gasteiger partial charge in [0.1, 0.15) is 4.64 Å². The summed E-state index contributed by atoms with van der Waals surface area (Å²) in [5.41, 5.74) is 1.02. The van der Waals surface area contributed by atoms with Crippen molar-refractivity contribution >= 4 is 12.2 Å². The molecule has 1 aromatic rings. The molecule has 2 N–H and O–H groups in total. The summed E-state index contributed by atoms with van der Waals surface area (Å²) < 4.78 is 0.686. The summed E-state index contributed by atoms with van der Waals surface area (Å²) in [4.78, 5) is 7.24. The first-order chi connectivity index (χ1) is 8.83. The molecule has 0 saturated carbocycles. The van der Waals surface area contributed by atoms with Crippen molar-refractivity contribution in [1.29, 1.82) is 0 Å². The molecule has 1 rings (SSSR count). The number of aromatic amines is 1. The average molecular weight is 267 g/mol. The predicted octanol–water partition coefficient (Wildman–Crippen LogP) is 3.98. The van der Waals surface area contributed by atoms with E-state index >= 15 is 0 Å². The number of hydrogen-bond donors (Lipinski definition) is 2. The van der Waals surface area contributed by atoms with E-state index in [1.54, 1.807) is 6.20 Å². The lowest BCUT2D eigenvalue weighted by Crippen LogP contribution is -2.15. The minimum Gasteiger partial charge on any atom is -0.350 e. The Morgan fingerprint density at radius 1 is 1.17 bits per heavy atom. The Kier molecular flexibility index (Phi) is 8.69. The minimum atomic E-state index is 0.686. The maximum absolute atomic E-state index is 4.95. The monoisotopic (exact) mass is 267 g/mol. The van der Waals surface area contributed by atoms with E-state index in [0.29, 0.717) is 4.64 Å². The Bertz CT molecular complexity index is 342. The summed E-state index contributed by atoms with van der Waals surface area (Å²) in [6.45, 7) is 4.15. The summed E-state index contributed by atoms with van der Waals surface area (Å²) in [6.07, 6.45) is 13.0. The van der Waals surface area contributed by atoms with Crippen LogP contribution in [-0.4, -0.2) is 16.5 Å². The molecule has 0 atom stereocenters. The molecule has 1 aromatic heterocycles. The zero-order valence-electron chi connectivity index (χ0n) is 11.4. The average Bonchev–Trinajstić information content (AvgIpc) is 2.39. The van der Waals surface area contributed by atoms with Gasteiger partial charge in [0.2, 0.25) is 0 Å². The van der Waals surface area contributed by atoms with Crippen LogP contribution in [0, 0.1) is 4.64 Å². The minimum absolute atomic E-state index is 0.686. The molecule has 4 heteroatoms. The van der Waals surface area contributed by atoms with Gasteiger partial charge in [-0.1, -0.05) is 57.7 Å². The highest BCUT2D eigenvalue weighted by molar-refractivity contribution is 7.71. The highest BCUT2D eigenvalue weighted by Crippen LogP contribution is 2.06. The highest BCUT2D eigenvalue weighted by atomic mass is 32.1. The molecular weight excluding hydrogens is 242 g/mol. The van der Waals surface area contributed by atoms with Crippen molar-refractivity contribution in [3.05, 3.63) is 22.7 Å². The van der Waals surface area contributed by atoms with Gasteiger partial charge in [-0.2, -0.15) is 0 Å². The fourth-order valence-electron chi connectivity index (χ4n) is 1.89. The summed E-state index contributed by atoms with van der Waals surface area (Å²) in [5.74, 6) is 0. The maximum atomic E-state index is 4.95. The second-order valence-electron chi connectivity index (χ2n) is 4.70. The number of H-pyrrole nitrogens is 1. The van der Waals surface area contributed by atoms with E-state index in [9.17, 15) is 0 Å². The van der Waals surface area contributed by atoms with Gasteiger partial charge < -0.3 is 10.3 Å². The molecule has 0 spiro atoms. The van der Waals surface area contributed by atoms with E-state index in [1.807, 2.05) is 6.20 Å². The number of aromatic nitrogens is 2. The first-order valence-electron chi connectivity index (χ1n) is 7.07. The molecule has 0 aliphatic carbocycles. The summed E-state index contributed by atoms with van der Waals surface area (Å²) in [5, 5.41) is 3.41. The van der Waals surface area contributed by atoms with Gasteiger partial charge in [0.05, 0.1) is 11.9 Å². The Hall–Kier alpha value is -0.740. The summed E-state index contributed by atoms with van der Waals surface area (Å²) >= 11 is 4.95. The molecule has 0 fully saturated rings. The van der Waals surface area contributed by atoms with Crippen LogP contribution < -0.4 is 5.32 Å². The first-order valence-corrected chi connectivity index (χ1v) is 7.48. The van der Waals surface area contributed by atoms with E-state index in [4.69, 9.17) is 12.2 Å². The van der Waals surface area contributed by atoms with Crippen LogP contribution in [-0.2, 0) is 6.54 Å². The van der Waals surface area contributed by atoms with Gasteiger partial charge in [0, 0.05) is 12.7 Å². The van der Waals surface area contributed by atoms with E-state index in [2.05, 4.69) is 22.2 Å². The van der Waals surface area contributed by atoms with E-state index in [-0.39, 0.29) is 0 Å². The van der Waals surface area contributed by atoms with Gasteiger partial charge in [-0.3, -0.25) is 4.98 Å². The molecule has 0 aromatic carbocycles. The van der Waals surface area contributed by atoms with Crippen molar-refractivity contribution in [2.75, 3.05) is 6.54 Å². The van der Waals surface area contributed by atoms with Gasteiger partial charge >= 0.3 is 0 Å². The van der Waals surface area contributed by atoms with Crippen molar-refractivity contribution in [1.82, 2.24) is 15.3 Å². The topological polar surface area (TPSA) is 40.7 Å². The lowest BCUT2D eigenvalue weighted by atomic mass is 10.1. The molecule has 3 nitrogen and oxygen atoms in total. The number of nitrogens with one attached hydrogen (secondary N) is 2. The molecule has 18 heavy (non-hydrogen) atoms. The van der Waals surface area contributed by atoms with Gasteiger partial charge in [0.15, 0.2) is 0 Å². The standard InChI is InChI=1S/C14H25N3S/c1-2-3-4-5-6-7-8-9-15-10-13-11-17-14(18)12-16-13/h11-12,15H,2-10H2,1H3,(H,17,18). The summed E-state index contributed by atoms with van der Waals surface area (Å²) in [6, 6.07) is 0. The predicted molar refractivity (Wildman–Crippen MR) is 79.1 cm³/mol. The number of nitrogens with zero attached hydrogens (tertiary/aromatic N) is 1. The smallest absolute Gasteiger partial charge is 0.121 e. The van der Waals surface area contributed by atoms with Crippen molar-refractivity contribution in [2.45, 2.75) is 58.4 Å². The van der Waals surface area contributed by atoms with Crippen LogP contribution in [0.2, 0.25) is 0 Å². The van der Waals surface area contributed by atoms with Gasteiger partial charge in [-0.25, -0.2) is 0 Å². The third kappa shape index (κ3) is 7.56. The zero-order valence-corrected chi connectivity index (χ0v) is 12.2. The molecule has 0 bridgehead atoms. The van der Waals surface area contributed by atoms with Crippen LogP contribution in [0.5, 0.6) is 0 Å². The Morgan fingerprint density at radius 3 is 2.56 bits per heavy atom. The third-order valence-electron chi connectivity index (χ3n) is 2.99. The number of hydrogen-bond acceptors (Lipinski definition) is 3. The lowest BCUT2D eigenvalue weighted by Gasteiger charge is -2.04. The molecule has 1 heterocycles. The van der Waals surface area contributed by atoms with Crippen molar-refractivity contribution in [2.24, 2.45) is 0 Å². The molecule has 0 saturated heterocycles. The van der Waals surface area contributed by atoms with E-state index in [1.165, 1.54) is 44.9 Å². The molecule has 0 aliphatic heterocycles. The number of unbranched alkanes of at least 4 members (excludes halogenated alkanes) is 6. The van der Waals surface area contributed by atoms with Gasteiger partial charge in [-0.15, -0.1) is 0 Å². The second-order valence-corrected chi connectivity index (χ2v) is 5.14. The lowest BCUT2D eigenvalue weighted by molar-refractivity contribution is 0.560. The van der Waals surface area contributed by atoms with Crippen LogP contribution in [0.4, 0.5) is 0 Å². The second kappa shape index (κ2) is 10.2. The molecule has 0 amide bonds. The molecule has 0 unspecified atom stereocenters. The fourth-order valence-corrected chi connectivity index (χ4v) is 2.00. The van der Waals surface area contributed by atoms with E-state index in [0.717, 1.165) is 18.8 Å². The normalized spacial score (nSPS) is 10.7. The highest BCUT2D eigenvalue weighted by Gasteiger charge is 1.94. The van der Waals surface area contributed by atoms with Crippen LogP contribution in [0.3, 0.4) is 0 Å². The SMILES string of the molecule is CCCCCCCCCNCc1c[nH]c(=S)cn1. The van der Waals surface area contributed by atoms with E-state index < -0.39 is 0 Å². The van der Waals surface area contributed by atoms with Crippen LogP contribution in [0.25, 0.3) is 0 Å². The molecule has 0 aliphatic rings. The fraction of sp³-hybridized carbons (Fsp3) is 0.714. The summed E-state index contributed by atoms with van der Waals surface area (Å²) in [7, 11) is 0. The van der Waals surface area contributed by atoms with Crippen LogP contribution >= 0.6 is 12.2 Å². The van der Waals surface area contributed by atoms with Gasteiger partial charge in [-0.05, 0) is 13.0 Å². The van der Waals surface area contributed by atoms with Gasteiger partial charge in [0.25, 0.3) is 0 Å². The Balaban J connectivity index is 1.92. The van der Waals surface area contributed by atoms with Crippen molar-refractivity contribution in [3.8, 4) is 0 Å². The van der Waals surface area contributed by atoms with Crippen molar-refractivity contribution < 1.29 is 0 Å². The van der Waals surface area contributed by atoms with Crippen LogP contribution in [0.1, 0.15) is 57.6 Å². The largest absolute Gasteiger partial charge is 0.350 e. The molecule has 102 valence electrons. The quantitative estimate of drug-likeness (QED) is 0.497. The molecular formula is C14H25N3S. The first kappa shape index (κ1) is 15.3. The zero-order chi connectivity index (χ0) is 13.1. The third-order valence-corrected chi connectivity index (χ3v) is 3.22. The number of rotatable bonds is 10. The Morgan fingerprint density at radius 2 is 1.89 bits per heavy atom. The van der Waals surface area contributed by atoms with Crippen molar-refractivity contribution in [3.63, 3.8) is 0 Å². The van der Waals surface area contributed by atoms with Crippen LogP contribution in [0.15, 0.2) is 12.4 Å².